The number of carboxylic acids is 1. The van der Waals surface area contributed by atoms with Crippen molar-refractivity contribution in [1.29, 1.82) is 0 Å². The van der Waals surface area contributed by atoms with Crippen molar-refractivity contribution in [2.45, 2.75) is 45.4 Å². The average molecular weight is 291 g/mol. The van der Waals surface area contributed by atoms with Crippen LogP contribution in [0.5, 0.6) is 0 Å². The van der Waals surface area contributed by atoms with Crippen molar-refractivity contribution in [2.24, 2.45) is 4.99 Å². The van der Waals surface area contributed by atoms with Gasteiger partial charge in [-0.1, -0.05) is 38.3 Å². The van der Waals surface area contributed by atoms with E-state index in [0.717, 1.165) is 25.0 Å². The van der Waals surface area contributed by atoms with Gasteiger partial charge in [0.25, 0.3) is 0 Å². The number of unbranched alkanes of at least 4 members (excludes halogenated alkanes) is 4. The van der Waals surface area contributed by atoms with E-state index >= 15 is 0 Å². The smallest absolute Gasteiger partial charge is 0.859 e. The first kappa shape index (κ1) is 21.4. The zero-order chi connectivity index (χ0) is 13.6. The van der Waals surface area contributed by atoms with E-state index in [9.17, 15) is 9.90 Å². The molecule has 0 aromatic heterocycles. The predicted octanol–water partition coefficient (Wildman–Crippen LogP) is -0.693. The summed E-state index contributed by atoms with van der Waals surface area (Å²) in [7, 11) is 0. The van der Waals surface area contributed by atoms with Crippen molar-refractivity contribution in [1.82, 2.24) is 0 Å². The summed E-state index contributed by atoms with van der Waals surface area (Å²) in [5, 5.41) is 19.3. The van der Waals surface area contributed by atoms with Crippen LogP contribution in [0.1, 0.15) is 45.4 Å². The second-order valence-electron chi connectivity index (χ2n) is 4.00. The van der Waals surface area contributed by atoms with Crippen LogP contribution in [0, 0.1) is 0 Å². The SMILES string of the molecule is CCCCCC/C=C/CCN=C([O-])/C=C/C(=O)O.[K+]. The Kier molecular flexibility index (Phi) is 18.1. The maximum Gasteiger partial charge on any atom is 1.00 e. The van der Waals surface area contributed by atoms with Crippen LogP contribution in [-0.4, -0.2) is 23.5 Å². The molecule has 0 unspecified atom stereocenters. The molecule has 0 aromatic carbocycles. The van der Waals surface area contributed by atoms with Gasteiger partial charge in [0.15, 0.2) is 0 Å². The Balaban J connectivity index is 0. The summed E-state index contributed by atoms with van der Waals surface area (Å²) in [6, 6.07) is 0. The predicted molar refractivity (Wildman–Crippen MR) is 71.6 cm³/mol. The van der Waals surface area contributed by atoms with Crippen LogP contribution in [0.4, 0.5) is 0 Å². The van der Waals surface area contributed by atoms with Crippen LogP contribution in [0.2, 0.25) is 0 Å². The average Bonchev–Trinajstić information content (AvgIpc) is 2.34. The van der Waals surface area contributed by atoms with Crippen molar-refractivity contribution in [2.75, 3.05) is 6.54 Å². The monoisotopic (exact) mass is 291 g/mol. The molecule has 0 aromatic rings. The molecular formula is C14H22KNO3. The Bertz CT molecular complexity index is 312. The molecule has 0 amide bonds. The van der Waals surface area contributed by atoms with Crippen molar-refractivity contribution < 1.29 is 66.4 Å². The molecule has 0 aliphatic carbocycles. The molecule has 5 heteroatoms. The van der Waals surface area contributed by atoms with Gasteiger partial charge in [0, 0.05) is 12.6 Å². The zero-order valence-electron chi connectivity index (χ0n) is 12.0. The van der Waals surface area contributed by atoms with E-state index in [1.807, 2.05) is 6.08 Å². The Hall–Kier alpha value is 0.0564. The summed E-state index contributed by atoms with van der Waals surface area (Å²) in [6.45, 7) is 2.60. The molecule has 0 heterocycles. The molecule has 1 N–H and O–H groups in total. The second kappa shape index (κ2) is 16.1. The third-order valence-corrected chi connectivity index (χ3v) is 2.32. The van der Waals surface area contributed by atoms with E-state index in [1.54, 1.807) is 0 Å². The molecular weight excluding hydrogens is 269 g/mol. The minimum atomic E-state index is -1.13. The van der Waals surface area contributed by atoms with E-state index in [2.05, 4.69) is 18.0 Å². The molecule has 0 radical (unpaired) electrons. The van der Waals surface area contributed by atoms with Crippen molar-refractivity contribution >= 4 is 11.9 Å². The molecule has 4 nitrogen and oxygen atoms in total. The summed E-state index contributed by atoms with van der Waals surface area (Å²) >= 11 is 0. The minimum Gasteiger partial charge on any atom is -0.859 e. The molecule has 0 bridgehead atoms. The number of hydrogen-bond donors (Lipinski definition) is 1. The summed E-state index contributed by atoms with van der Waals surface area (Å²) in [6.07, 6.45) is 12.7. The second-order valence-corrected chi connectivity index (χ2v) is 4.00. The number of carbonyl (C=O) groups is 1. The Morgan fingerprint density at radius 1 is 1.16 bits per heavy atom. The topological polar surface area (TPSA) is 72.7 Å². The third kappa shape index (κ3) is 18.1. The molecule has 0 saturated carbocycles. The summed E-state index contributed by atoms with van der Waals surface area (Å²) in [4.78, 5) is 13.8. The molecule has 102 valence electrons. The van der Waals surface area contributed by atoms with Gasteiger partial charge in [0.1, 0.15) is 0 Å². The van der Waals surface area contributed by atoms with Crippen LogP contribution >= 0.6 is 0 Å². The standard InChI is InChI=1S/C14H23NO3.K/c1-2-3-4-5-6-7-8-9-12-15-13(16)10-11-14(17)18;/h7-8,10-11H,2-6,9,12H2,1H3,(H,15,16)(H,17,18);/q;+1/p-1/b8-7+,11-10+;. The van der Waals surface area contributed by atoms with E-state index in [-0.39, 0.29) is 51.4 Å². The molecule has 0 aliphatic heterocycles. The molecule has 19 heavy (non-hydrogen) atoms. The summed E-state index contributed by atoms with van der Waals surface area (Å²) in [5.41, 5.74) is 0. The van der Waals surface area contributed by atoms with Gasteiger partial charge in [-0.25, -0.2) is 4.79 Å². The largest absolute Gasteiger partial charge is 1.00 e. The molecule has 0 atom stereocenters. The third-order valence-electron chi connectivity index (χ3n) is 2.32. The van der Waals surface area contributed by atoms with E-state index < -0.39 is 11.9 Å². The first-order chi connectivity index (χ1) is 8.66. The molecule has 0 rings (SSSR count). The van der Waals surface area contributed by atoms with Gasteiger partial charge in [-0.3, -0.25) is 0 Å². The van der Waals surface area contributed by atoms with Crippen molar-refractivity contribution in [3.63, 3.8) is 0 Å². The molecule has 0 saturated heterocycles. The van der Waals surface area contributed by atoms with Gasteiger partial charge in [-0.15, -0.1) is 0 Å². The Labute approximate surface area is 158 Å². The fraction of sp³-hybridized carbons (Fsp3) is 0.571. The number of hydrogen-bond acceptors (Lipinski definition) is 3. The van der Waals surface area contributed by atoms with E-state index in [1.165, 1.54) is 25.7 Å². The van der Waals surface area contributed by atoms with Crippen LogP contribution in [0.3, 0.4) is 0 Å². The van der Waals surface area contributed by atoms with Gasteiger partial charge in [-0.2, -0.15) is 0 Å². The van der Waals surface area contributed by atoms with Crippen molar-refractivity contribution in [3.05, 3.63) is 24.3 Å². The minimum absolute atomic E-state index is 0. The summed E-state index contributed by atoms with van der Waals surface area (Å²) in [5.74, 6) is -1.63. The van der Waals surface area contributed by atoms with Gasteiger partial charge >= 0.3 is 57.4 Å². The van der Waals surface area contributed by atoms with Crippen LogP contribution in [-0.2, 0) is 4.79 Å². The van der Waals surface area contributed by atoms with Crippen LogP contribution < -0.4 is 56.5 Å². The van der Waals surface area contributed by atoms with Gasteiger partial charge < -0.3 is 15.2 Å². The fourth-order valence-corrected chi connectivity index (χ4v) is 1.37. The van der Waals surface area contributed by atoms with Crippen molar-refractivity contribution in [3.8, 4) is 0 Å². The zero-order valence-corrected chi connectivity index (χ0v) is 15.1. The normalized spacial score (nSPS) is 11.9. The number of carboxylic acid groups (broad SMARTS) is 1. The maximum absolute atomic E-state index is 11.0. The number of nitrogens with zero attached hydrogens (tertiary/aromatic N) is 1. The summed E-state index contributed by atoms with van der Waals surface area (Å²) < 4.78 is 0. The van der Waals surface area contributed by atoms with Gasteiger partial charge in [0.2, 0.25) is 0 Å². The molecule has 0 spiro atoms. The Morgan fingerprint density at radius 3 is 2.47 bits per heavy atom. The number of aliphatic imine (C=N–C) groups is 1. The fourth-order valence-electron chi connectivity index (χ4n) is 1.37. The number of aliphatic carboxylic acids is 1. The first-order valence-electron chi connectivity index (χ1n) is 6.44. The van der Waals surface area contributed by atoms with Gasteiger partial charge in [0.05, 0.1) is 0 Å². The molecule has 0 aliphatic rings. The molecule has 0 fully saturated rings. The van der Waals surface area contributed by atoms with E-state index in [0.29, 0.717) is 6.54 Å². The number of rotatable bonds is 10. The van der Waals surface area contributed by atoms with Crippen LogP contribution in [0.15, 0.2) is 29.3 Å². The quantitative estimate of drug-likeness (QED) is 0.145. The maximum atomic E-state index is 11.0. The van der Waals surface area contributed by atoms with Gasteiger partial charge in [-0.05, 0) is 31.2 Å². The van der Waals surface area contributed by atoms with E-state index in [4.69, 9.17) is 5.11 Å². The van der Waals surface area contributed by atoms with Crippen LogP contribution in [0.25, 0.3) is 0 Å². The first-order valence-corrected chi connectivity index (χ1v) is 6.44. The Morgan fingerprint density at radius 2 is 1.84 bits per heavy atom. The number of allylic oxidation sites excluding steroid dienone is 1.